The summed E-state index contributed by atoms with van der Waals surface area (Å²) in [6, 6.07) is 0. The summed E-state index contributed by atoms with van der Waals surface area (Å²) < 4.78 is 0. The summed E-state index contributed by atoms with van der Waals surface area (Å²) in [6.07, 6.45) is 14.4. The number of allylic oxidation sites excluding steroid dienone is 1. The highest BCUT2D eigenvalue weighted by molar-refractivity contribution is 5.26. The van der Waals surface area contributed by atoms with E-state index < -0.39 is 5.60 Å². The average molecular weight is 417 g/mol. The first-order chi connectivity index (χ1) is 14.0. The van der Waals surface area contributed by atoms with E-state index in [1.54, 1.807) is 5.57 Å². The Balaban J connectivity index is 1.49. The fourth-order valence-electron chi connectivity index (χ4n) is 8.75. The molecule has 0 aromatic rings. The number of hydrogen-bond donors (Lipinski definition) is 2. The third-order valence-electron chi connectivity index (χ3n) is 10.8. The van der Waals surface area contributed by atoms with Gasteiger partial charge in [-0.1, -0.05) is 46.3 Å². The Hall–Kier alpha value is -0.340. The lowest BCUT2D eigenvalue weighted by atomic mass is 9.46. The number of fused-ring (bicyclic) bond motifs is 5. The molecule has 0 saturated heterocycles. The molecule has 3 fully saturated rings. The molecule has 0 heterocycles. The Bertz CT molecular complexity index is 664. The van der Waals surface area contributed by atoms with E-state index in [1.807, 2.05) is 6.92 Å². The van der Waals surface area contributed by atoms with Gasteiger partial charge < -0.3 is 10.2 Å². The molecule has 30 heavy (non-hydrogen) atoms. The molecule has 2 heteroatoms. The zero-order valence-electron chi connectivity index (χ0n) is 20.6. The second kappa shape index (κ2) is 7.91. The van der Waals surface area contributed by atoms with E-state index in [2.05, 4.69) is 40.7 Å². The SMILES string of the molecule is CC(C)[C@@H](O)CC[C@@H](C)[C@H]1CC[C@H]2[C@@H]3CC=C4C[C@@](C)(O)CC[C@]4(C)[C@H]3CCC12C. The summed E-state index contributed by atoms with van der Waals surface area (Å²) in [4.78, 5) is 0. The Labute approximate surface area is 185 Å². The summed E-state index contributed by atoms with van der Waals surface area (Å²) in [7, 11) is 0. The lowest BCUT2D eigenvalue weighted by molar-refractivity contribution is -0.0710. The van der Waals surface area contributed by atoms with Crippen molar-refractivity contribution in [1.29, 1.82) is 0 Å². The van der Waals surface area contributed by atoms with E-state index in [9.17, 15) is 10.2 Å². The first-order valence-electron chi connectivity index (χ1n) is 13.1. The van der Waals surface area contributed by atoms with E-state index in [0.717, 1.165) is 48.9 Å². The standard InChI is InChI=1S/C28H48O2/c1-18(2)25(29)12-7-19(3)22-10-11-23-21-9-8-20-17-26(4,30)15-16-27(20,5)24(21)13-14-28(22,23)6/h8,18-19,21-25,29-30H,7,9-17H2,1-6H3/t19-,21+,22-,23+,24+,25+,26+,27+,28?/m1/s1. The van der Waals surface area contributed by atoms with Crippen LogP contribution in [0.1, 0.15) is 106 Å². The highest BCUT2D eigenvalue weighted by Gasteiger charge is 2.59. The van der Waals surface area contributed by atoms with Crippen molar-refractivity contribution in [1.82, 2.24) is 0 Å². The first kappa shape index (κ1) is 22.8. The van der Waals surface area contributed by atoms with Gasteiger partial charge in [-0.25, -0.2) is 0 Å². The van der Waals surface area contributed by atoms with Gasteiger partial charge in [0, 0.05) is 0 Å². The Kier molecular flexibility index (Phi) is 6.02. The van der Waals surface area contributed by atoms with Gasteiger partial charge in [0.05, 0.1) is 11.7 Å². The molecule has 0 bridgehead atoms. The van der Waals surface area contributed by atoms with Gasteiger partial charge in [0.1, 0.15) is 0 Å². The number of rotatable bonds is 5. The topological polar surface area (TPSA) is 40.5 Å². The first-order valence-corrected chi connectivity index (χ1v) is 13.1. The Morgan fingerprint density at radius 1 is 0.967 bits per heavy atom. The van der Waals surface area contributed by atoms with Crippen LogP contribution in [0.3, 0.4) is 0 Å². The molecule has 4 rings (SSSR count). The van der Waals surface area contributed by atoms with Crippen LogP contribution >= 0.6 is 0 Å². The van der Waals surface area contributed by atoms with Crippen molar-refractivity contribution in [3.63, 3.8) is 0 Å². The van der Waals surface area contributed by atoms with Gasteiger partial charge in [0.25, 0.3) is 0 Å². The smallest absolute Gasteiger partial charge is 0.0657 e. The largest absolute Gasteiger partial charge is 0.393 e. The van der Waals surface area contributed by atoms with Crippen molar-refractivity contribution in [3.05, 3.63) is 11.6 Å². The highest BCUT2D eigenvalue weighted by atomic mass is 16.3. The maximum Gasteiger partial charge on any atom is 0.0657 e. The summed E-state index contributed by atoms with van der Waals surface area (Å²) in [5, 5.41) is 21.0. The van der Waals surface area contributed by atoms with Crippen LogP contribution in [0.25, 0.3) is 0 Å². The van der Waals surface area contributed by atoms with Crippen molar-refractivity contribution in [2.24, 2.45) is 46.3 Å². The lowest BCUT2D eigenvalue weighted by Gasteiger charge is -2.59. The zero-order chi connectivity index (χ0) is 21.9. The zero-order valence-corrected chi connectivity index (χ0v) is 20.6. The second-order valence-electron chi connectivity index (χ2n) is 13.0. The van der Waals surface area contributed by atoms with Gasteiger partial charge in [-0.3, -0.25) is 0 Å². The molecule has 2 N–H and O–H groups in total. The minimum Gasteiger partial charge on any atom is -0.393 e. The van der Waals surface area contributed by atoms with Gasteiger partial charge in [0.15, 0.2) is 0 Å². The minimum absolute atomic E-state index is 0.140. The van der Waals surface area contributed by atoms with E-state index in [1.165, 1.54) is 44.9 Å². The molecule has 4 aliphatic carbocycles. The quantitative estimate of drug-likeness (QED) is 0.487. The van der Waals surface area contributed by atoms with Crippen LogP contribution in [-0.2, 0) is 0 Å². The Morgan fingerprint density at radius 3 is 2.40 bits per heavy atom. The highest BCUT2D eigenvalue weighted by Crippen LogP contribution is 2.67. The van der Waals surface area contributed by atoms with Gasteiger partial charge in [0.2, 0.25) is 0 Å². The molecule has 2 nitrogen and oxygen atoms in total. The molecule has 172 valence electrons. The van der Waals surface area contributed by atoms with Crippen LogP contribution < -0.4 is 0 Å². The predicted molar refractivity (Wildman–Crippen MR) is 125 cm³/mol. The normalized spacial score (nSPS) is 47.8. The van der Waals surface area contributed by atoms with Gasteiger partial charge in [-0.15, -0.1) is 0 Å². The monoisotopic (exact) mass is 416 g/mol. The molecular weight excluding hydrogens is 368 g/mol. The molecule has 4 aliphatic rings. The molecular formula is C28H48O2. The summed E-state index contributed by atoms with van der Waals surface area (Å²) in [6.45, 7) is 14.0. The van der Waals surface area contributed by atoms with Gasteiger partial charge in [-0.2, -0.15) is 0 Å². The number of aliphatic hydroxyl groups excluding tert-OH is 1. The van der Waals surface area contributed by atoms with E-state index in [0.29, 0.717) is 16.7 Å². The maximum absolute atomic E-state index is 10.7. The van der Waals surface area contributed by atoms with Crippen LogP contribution in [-0.4, -0.2) is 21.9 Å². The van der Waals surface area contributed by atoms with Crippen molar-refractivity contribution in [2.75, 3.05) is 0 Å². The van der Waals surface area contributed by atoms with Gasteiger partial charge >= 0.3 is 0 Å². The molecule has 0 amide bonds. The molecule has 0 radical (unpaired) electrons. The molecule has 0 aromatic heterocycles. The van der Waals surface area contributed by atoms with Gasteiger partial charge in [-0.05, 0) is 117 Å². The van der Waals surface area contributed by atoms with Crippen molar-refractivity contribution < 1.29 is 10.2 Å². The predicted octanol–water partition coefficient (Wildman–Crippen LogP) is 6.75. The molecule has 3 saturated carbocycles. The maximum atomic E-state index is 10.7. The number of aliphatic hydroxyl groups is 2. The second-order valence-corrected chi connectivity index (χ2v) is 13.0. The van der Waals surface area contributed by atoms with Crippen molar-refractivity contribution >= 4 is 0 Å². The third-order valence-corrected chi connectivity index (χ3v) is 10.8. The summed E-state index contributed by atoms with van der Waals surface area (Å²) >= 11 is 0. The van der Waals surface area contributed by atoms with Crippen LogP contribution in [0, 0.1) is 46.3 Å². The van der Waals surface area contributed by atoms with Crippen LogP contribution in [0.15, 0.2) is 11.6 Å². The molecule has 9 atom stereocenters. The average Bonchev–Trinajstić information content (AvgIpc) is 3.03. The Morgan fingerprint density at radius 2 is 1.70 bits per heavy atom. The van der Waals surface area contributed by atoms with Crippen molar-refractivity contribution in [2.45, 2.75) is 117 Å². The van der Waals surface area contributed by atoms with Crippen LogP contribution in [0.2, 0.25) is 0 Å². The molecule has 0 spiro atoms. The fourth-order valence-corrected chi connectivity index (χ4v) is 8.75. The number of hydrogen-bond acceptors (Lipinski definition) is 2. The van der Waals surface area contributed by atoms with Crippen LogP contribution in [0.5, 0.6) is 0 Å². The summed E-state index contributed by atoms with van der Waals surface area (Å²) in [5.41, 5.74) is 1.91. The van der Waals surface area contributed by atoms with Crippen LogP contribution in [0.4, 0.5) is 0 Å². The summed E-state index contributed by atoms with van der Waals surface area (Å²) in [5.74, 6) is 4.46. The van der Waals surface area contributed by atoms with E-state index in [-0.39, 0.29) is 6.10 Å². The molecule has 0 aliphatic heterocycles. The molecule has 0 aromatic carbocycles. The lowest BCUT2D eigenvalue weighted by Crippen LogP contribution is -2.52. The van der Waals surface area contributed by atoms with Crippen molar-refractivity contribution in [3.8, 4) is 0 Å². The van der Waals surface area contributed by atoms with E-state index >= 15 is 0 Å². The molecule has 1 unspecified atom stereocenters. The fraction of sp³-hybridized carbons (Fsp3) is 0.929. The van der Waals surface area contributed by atoms with E-state index in [4.69, 9.17) is 0 Å². The third kappa shape index (κ3) is 3.72. The minimum atomic E-state index is -0.490.